The highest BCUT2D eigenvalue weighted by Gasteiger charge is 2.17. The van der Waals surface area contributed by atoms with Crippen molar-refractivity contribution < 1.29 is 4.74 Å². The highest BCUT2D eigenvalue weighted by molar-refractivity contribution is 6.33. The summed E-state index contributed by atoms with van der Waals surface area (Å²) in [7, 11) is 2.10. The van der Waals surface area contributed by atoms with E-state index in [-0.39, 0.29) is 6.04 Å². The van der Waals surface area contributed by atoms with Crippen molar-refractivity contribution in [2.75, 3.05) is 31.7 Å². The first-order chi connectivity index (χ1) is 9.08. The van der Waals surface area contributed by atoms with Crippen LogP contribution in [0.15, 0.2) is 18.2 Å². The van der Waals surface area contributed by atoms with Crippen LogP contribution in [0, 0.1) is 5.92 Å². The van der Waals surface area contributed by atoms with Gasteiger partial charge in [0.1, 0.15) is 0 Å². The predicted octanol–water partition coefficient (Wildman–Crippen LogP) is 3.22. The van der Waals surface area contributed by atoms with Crippen LogP contribution >= 0.6 is 11.6 Å². The summed E-state index contributed by atoms with van der Waals surface area (Å²) in [6.07, 6.45) is 2.28. The molecule has 0 spiro atoms. The fourth-order valence-corrected chi connectivity index (χ4v) is 2.86. The topological polar surface area (TPSA) is 38.5 Å². The van der Waals surface area contributed by atoms with E-state index in [0.717, 1.165) is 48.9 Å². The molecule has 1 saturated heterocycles. The smallest absolute Gasteiger partial charge is 0.0642 e. The zero-order valence-electron chi connectivity index (χ0n) is 11.7. The lowest BCUT2D eigenvalue weighted by Gasteiger charge is -2.29. The molecule has 2 rings (SSSR count). The van der Waals surface area contributed by atoms with Crippen LogP contribution in [0.2, 0.25) is 5.02 Å². The maximum atomic E-state index is 6.36. The second kappa shape index (κ2) is 6.60. The van der Waals surface area contributed by atoms with Crippen molar-refractivity contribution >= 4 is 17.3 Å². The summed E-state index contributed by atoms with van der Waals surface area (Å²) in [6, 6.07) is 6.13. The zero-order valence-corrected chi connectivity index (χ0v) is 12.5. The van der Waals surface area contributed by atoms with Crippen molar-refractivity contribution in [2.45, 2.75) is 25.8 Å². The Kier molecular flexibility index (Phi) is 5.08. The molecule has 0 aromatic heterocycles. The molecule has 19 heavy (non-hydrogen) atoms. The second-order valence-corrected chi connectivity index (χ2v) is 5.84. The molecule has 0 aliphatic carbocycles. The summed E-state index contributed by atoms with van der Waals surface area (Å²) in [5.74, 6) is 0.697. The third-order valence-corrected chi connectivity index (χ3v) is 4.08. The van der Waals surface area contributed by atoms with Gasteiger partial charge in [-0.15, -0.1) is 0 Å². The van der Waals surface area contributed by atoms with Crippen molar-refractivity contribution in [3.8, 4) is 0 Å². The van der Waals surface area contributed by atoms with Crippen LogP contribution in [0.4, 0.5) is 5.69 Å². The number of anilines is 1. The van der Waals surface area contributed by atoms with E-state index in [9.17, 15) is 0 Å². The molecular weight excluding hydrogens is 260 g/mol. The molecule has 4 heteroatoms. The molecule has 1 aromatic rings. The van der Waals surface area contributed by atoms with Crippen LogP contribution in [0.3, 0.4) is 0 Å². The molecule has 1 atom stereocenters. The Morgan fingerprint density at radius 3 is 2.68 bits per heavy atom. The second-order valence-electron chi connectivity index (χ2n) is 5.44. The van der Waals surface area contributed by atoms with E-state index >= 15 is 0 Å². The highest BCUT2D eigenvalue weighted by atomic mass is 35.5. The highest BCUT2D eigenvalue weighted by Crippen LogP contribution is 2.29. The molecule has 0 radical (unpaired) electrons. The molecule has 0 bridgehead atoms. The van der Waals surface area contributed by atoms with Gasteiger partial charge in [-0.05, 0) is 43.4 Å². The minimum Gasteiger partial charge on any atom is -0.381 e. The Balaban J connectivity index is 2.03. The molecule has 1 fully saturated rings. The first kappa shape index (κ1) is 14.6. The lowest BCUT2D eigenvalue weighted by molar-refractivity contribution is 0.0685. The molecule has 1 aliphatic rings. The molecule has 2 N–H and O–H groups in total. The number of hydrogen-bond acceptors (Lipinski definition) is 3. The lowest BCUT2D eigenvalue weighted by Crippen LogP contribution is -2.29. The number of hydrogen-bond donors (Lipinski definition) is 1. The summed E-state index contributed by atoms with van der Waals surface area (Å²) < 4.78 is 5.39. The van der Waals surface area contributed by atoms with Gasteiger partial charge in [0.05, 0.1) is 10.7 Å². The van der Waals surface area contributed by atoms with Crippen LogP contribution in [-0.2, 0) is 4.74 Å². The first-order valence-corrected chi connectivity index (χ1v) is 7.29. The van der Waals surface area contributed by atoms with E-state index in [2.05, 4.69) is 24.1 Å². The van der Waals surface area contributed by atoms with Gasteiger partial charge in [-0.25, -0.2) is 0 Å². The number of benzene rings is 1. The van der Waals surface area contributed by atoms with Crippen LogP contribution in [0.5, 0.6) is 0 Å². The first-order valence-electron chi connectivity index (χ1n) is 6.92. The van der Waals surface area contributed by atoms with Gasteiger partial charge in [-0.2, -0.15) is 0 Å². The number of nitrogens with two attached hydrogens (primary N) is 1. The maximum absolute atomic E-state index is 6.36. The Morgan fingerprint density at radius 2 is 2.11 bits per heavy atom. The summed E-state index contributed by atoms with van der Waals surface area (Å²) in [5, 5.41) is 0.782. The van der Waals surface area contributed by atoms with Gasteiger partial charge in [0.15, 0.2) is 0 Å². The number of halogens is 1. The zero-order chi connectivity index (χ0) is 13.8. The summed E-state index contributed by atoms with van der Waals surface area (Å²) in [4.78, 5) is 2.24. The minimum absolute atomic E-state index is 0.0207. The average Bonchev–Trinajstić information content (AvgIpc) is 2.39. The molecular formula is C15H23ClN2O. The standard InChI is InChI=1S/C15H23ClN2O/c1-11(17)13-3-4-15(14(16)9-13)18(2)10-12-5-7-19-8-6-12/h3-4,9,11-12H,5-8,10,17H2,1-2H3/t11-/m0/s1. The van der Waals surface area contributed by atoms with Gasteiger partial charge in [0.2, 0.25) is 0 Å². The monoisotopic (exact) mass is 282 g/mol. The van der Waals surface area contributed by atoms with Crippen molar-refractivity contribution in [1.29, 1.82) is 0 Å². The third-order valence-electron chi connectivity index (χ3n) is 3.78. The lowest BCUT2D eigenvalue weighted by atomic mass is 9.99. The normalized spacial score (nSPS) is 18.3. The van der Waals surface area contributed by atoms with E-state index in [4.69, 9.17) is 22.1 Å². The van der Waals surface area contributed by atoms with E-state index in [0.29, 0.717) is 5.92 Å². The summed E-state index contributed by atoms with van der Waals surface area (Å²) in [6.45, 7) is 4.77. The molecule has 0 amide bonds. The van der Waals surface area contributed by atoms with Crippen LogP contribution < -0.4 is 10.6 Å². The Hall–Kier alpha value is -0.770. The Labute approximate surface area is 120 Å². The van der Waals surface area contributed by atoms with Crippen LogP contribution in [-0.4, -0.2) is 26.8 Å². The van der Waals surface area contributed by atoms with Crippen molar-refractivity contribution in [1.82, 2.24) is 0 Å². The van der Waals surface area contributed by atoms with E-state index in [1.54, 1.807) is 0 Å². The van der Waals surface area contributed by atoms with Gasteiger partial charge < -0.3 is 15.4 Å². The minimum atomic E-state index is 0.0207. The number of nitrogens with zero attached hydrogens (tertiary/aromatic N) is 1. The van der Waals surface area contributed by atoms with Gasteiger partial charge in [0, 0.05) is 32.8 Å². The fourth-order valence-electron chi connectivity index (χ4n) is 2.53. The average molecular weight is 283 g/mol. The van der Waals surface area contributed by atoms with E-state index in [1.165, 1.54) is 0 Å². The van der Waals surface area contributed by atoms with Crippen LogP contribution in [0.25, 0.3) is 0 Å². The molecule has 1 aromatic carbocycles. The molecule has 0 unspecified atom stereocenters. The molecule has 1 heterocycles. The van der Waals surface area contributed by atoms with E-state index in [1.807, 2.05) is 13.0 Å². The quantitative estimate of drug-likeness (QED) is 0.921. The van der Waals surface area contributed by atoms with Crippen LogP contribution in [0.1, 0.15) is 31.4 Å². The molecule has 0 saturated carbocycles. The third kappa shape index (κ3) is 3.85. The fraction of sp³-hybridized carbons (Fsp3) is 0.600. The Bertz CT molecular complexity index is 417. The summed E-state index contributed by atoms with van der Waals surface area (Å²) >= 11 is 6.36. The van der Waals surface area contributed by atoms with Gasteiger partial charge in [0.25, 0.3) is 0 Å². The van der Waals surface area contributed by atoms with Gasteiger partial charge >= 0.3 is 0 Å². The Morgan fingerprint density at radius 1 is 1.42 bits per heavy atom. The SMILES string of the molecule is C[C@H](N)c1ccc(N(C)CC2CCOCC2)c(Cl)c1. The number of ether oxygens (including phenoxy) is 1. The van der Waals surface area contributed by atoms with Crippen molar-refractivity contribution in [2.24, 2.45) is 11.7 Å². The van der Waals surface area contributed by atoms with E-state index < -0.39 is 0 Å². The predicted molar refractivity (Wildman–Crippen MR) is 80.9 cm³/mol. The summed E-state index contributed by atoms with van der Waals surface area (Å²) in [5.41, 5.74) is 8.03. The molecule has 106 valence electrons. The number of rotatable bonds is 4. The maximum Gasteiger partial charge on any atom is 0.0642 e. The van der Waals surface area contributed by atoms with Crippen molar-refractivity contribution in [3.05, 3.63) is 28.8 Å². The molecule has 3 nitrogen and oxygen atoms in total. The molecule has 1 aliphatic heterocycles. The van der Waals surface area contributed by atoms with Crippen molar-refractivity contribution in [3.63, 3.8) is 0 Å². The van der Waals surface area contributed by atoms with Gasteiger partial charge in [-0.3, -0.25) is 0 Å². The van der Waals surface area contributed by atoms with Gasteiger partial charge in [-0.1, -0.05) is 17.7 Å². The largest absolute Gasteiger partial charge is 0.381 e.